The molecule has 0 unspecified atom stereocenters. The summed E-state index contributed by atoms with van der Waals surface area (Å²) in [4.78, 5) is 0. The molecule has 0 aliphatic heterocycles. The van der Waals surface area contributed by atoms with E-state index in [9.17, 15) is 9.50 Å². The maximum absolute atomic E-state index is 13.7. The summed E-state index contributed by atoms with van der Waals surface area (Å²) >= 11 is 0. The molecule has 1 fully saturated rings. The lowest BCUT2D eigenvalue weighted by molar-refractivity contribution is -0.0300. The summed E-state index contributed by atoms with van der Waals surface area (Å²) in [7, 11) is 0. The highest BCUT2D eigenvalue weighted by atomic mass is 19.1. The first-order valence-electron chi connectivity index (χ1n) is 7.21. The third-order valence-electron chi connectivity index (χ3n) is 4.75. The Hall–Kier alpha value is -0.890. The molecule has 1 N–H and O–H groups in total. The average molecular weight is 264 g/mol. The number of aliphatic hydroxyl groups is 1. The molecule has 1 aliphatic rings. The molecule has 0 atom stereocenters. The van der Waals surface area contributed by atoms with Crippen LogP contribution in [0.3, 0.4) is 0 Å². The monoisotopic (exact) mass is 264 g/mol. The second-order valence-electron chi connectivity index (χ2n) is 7.14. The molecule has 1 aromatic rings. The first kappa shape index (κ1) is 14.5. The van der Waals surface area contributed by atoms with Crippen LogP contribution in [0.25, 0.3) is 0 Å². The molecule has 0 heterocycles. The normalized spacial score (nSPS) is 28.4. The van der Waals surface area contributed by atoms with E-state index in [2.05, 4.69) is 20.8 Å². The van der Waals surface area contributed by atoms with Crippen LogP contribution in [-0.2, 0) is 5.60 Å². The lowest BCUT2D eigenvalue weighted by Gasteiger charge is -2.41. The summed E-state index contributed by atoms with van der Waals surface area (Å²) in [5.74, 6) is 0.423. The van der Waals surface area contributed by atoms with Crippen molar-refractivity contribution in [3.05, 3.63) is 35.1 Å². The van der Waals surface area contributed by atoms with E-state index in [1.54, 1.807) is 13.0 Å². The molecule has 0 radical (unpaired) electrons. The van der Waals surface area contributed by atoms with Crippen LogP contribution in [0.2, 0.25) is 0 Å². The molecule has 2 rings (SSSR count). The first-order chi connectivity index (χ1) is 8.72. The van der Waals surface area contributed by atoms with Gasteiger partial charge in [-0.05, 0) is 61.1 Å². The topological polar surface area (TPSA) is 20.2 Å². The minimum atomic E-state index is -0.837. The molecule has 106 valence electrons. The van der Waals surface area contributed by atoms with Crippen LogP contribution < -0.4 is 0 Å². The van der Waals surface area contributed by atoms with Gasteiger partial charge in [0, 0.05) is 0 Å². The lowest BCUT2D eigenvalue weighted by atomic mass is 9.67. The van der Waals surface area contributed by atoms with Crippen molar-refractivity contribution in [3.8, 4) is 0 Å². The first-order valence-corrected chi connectivity index (χ1v) is 7.21. The Morgan fingerprint density at radius 3 is 2.26 bits per heavy atom. The molecule has 1 saturated carbocycles. The zero-order valence-electron chi connectivity index (χ0n) is 12.5. The summed E-state index contributed by atoms with van der Waals surface area (Å²) in [6.45, 7) is 8.52. The van der Waals surface area contributed by atoms with Crippen LogP contribution >= 0.6 is 0 Å². The van der Waals surface area contributed by atoms with E-state index in [4.69, 9.17) is 0 Å². The minimum absolute atomic E-state index is 0.219. The minimum Gasteiger partial charge on any atom is -0.385 e. The van der Waals surface area contributed by atoms with Crippen molar-refractivity contribution in [1.82, 2.24) is 0 Å². The number of hydrogen-bond donors (Lipinski definition) is 1. The maximum Gasteiger partial charge on any atom is 0.126 e. The van der Waals surface area contributed by atoms with E-state index in [0.29, 0.717) is 16.9 Å². The number of benzene rings is 1. The summed E-state index contributed by atoms with van der Waals surface area (Å²) in [6, 6.07) is 5.14. The van der Waals surface area contributed by atoms with Crippen LogP contribution in [-0.4, -0.2) is 5.11 Å². The third-order valence-corrected chi connectivity index (χ3v) is 4.75. The Balaban J connectivity index is 2.15. The van der Waals surface area contributed by atoms with Crippen molar-refractivity contribution < 1.29 is 9.50 Å². The van der Waals surface area contributed by atoms with Crippen LogP contribution in [0.15, 0.2) is 18.2 Å². The Kier molecular flexibility index (Phi) is 3.74. The number of halogens is 1. The predicted octanol–water partition coefficient (Wildman–Crippen LogP) is 4.56. The molecule has 0 aromatic heterocycles. The third kappa shape index (κ3) is 3.00. The van der Waals surface area contributed by atoms with Gasteiger partial charge in [0.1, 0.15) is 5.82 Å². The summed E-state index contributed by atoms with van der Waals surface area (Å²) in [6.07, 6.45) is 3.49. The van der Waals surface area contributed by atoms with Gasteiger partial charge in [0.15, 0.2) is 0 Å². The van der Waals surface area contributed by atoms with Crippen molar-refractivity contribution in [2.45, 2.75) is 59.0 Å². The molecule has 19 heavy (non-hydrogen) atoms. The van der Waals surface area contributed by atoms with Gasteiger partial charge >= 0.3 is 0 Å². The fourth-order valence-electron chi connectivity index (χ4n) is 3.13. The summed E-state index contributed by atoms with van der Waals surface area (Å²) in [5, 5.41) is 10.8. The van der Waals surface area contributed by atoms with Crippen LogP contribution in [0.5, 0.6) is 0 Å². The van der Waals surface area contributed by atoms with Gasteiger partial charge in [-0.25, -0.2) is 4.39 Å². The number of rotatable bonds is 1. The molecule has 1 aliphatic carbocycles. The van der Waals surface area contributed by atoms with Crippen LogP contribution in [0, 0.1) is 24.1 Å². The van der Waals surface area contributed by atoms with Crippen molar-refractivity contribution in [2.24, 2.45) is 11.3 Å². The largest absolute Gasteiger partial charge is 0.385 e. The number of hydrogen-bond acceptors (Lipinski definition) is 1. The second kappa shape index (κ2) is 4.90. The zero-order chi connectivity index (χ0) is 14.3. The van der Waals surface area contributed by atoms with Crippen molar-refractivity contribution in [1.29, 1.82) is 0 Å². The van der Waals surface area contributed by atoms with E-state index in [1.807, 2.05) is 6.07 Å². The van der Waals surface area contributed by atoms with Gasteiger partial charge in [-0.3, -0.25) is 0 Å². The summed E-state index contributed by atoms with van der Waals surface area (Å²) in [5.41, 5.74) is 0.828. The van der Waals surface area contributed by atoms with Gasteiger partial charge in [0.05, 0.1) is 5.60 Å². The zero-order valence-corrected chi connectivity index (χ0v) is 12.5. The highest BCUT2D eigenvalue weighted by Gasteiger charge is 2.38. The molecule has 0 saturated heterocycles. The molecule has 0 spiro atoms. The van der Waals surface area contributed by atoms with Crippen molar-refractivity contribution in [3.63, 3.8) is 0 Å². The van der Waals surface area contributed by atoms with Crippen LogP contribution in [0.1, 0.15) is 57.6 Å². The van der Waals surface area contributed by atoms with E-state index < -0.39 is 5.60 Å². The standard InChI is InChI=1S/C17H25FO/c1-12-5-6-14(11-15(12)18)17(19)9-7-13(8-10-17)16(2,3)4/h5-6,11,13,19H,7-10H2,1-4H3. The molecule has 0 bridgehead atoms. The smallest absolute Gasteiger partial charge is 0.126 e. The Labute approximate surface area is 115 Å². The highest BCUT2D eigenvalue weighted by molar-refractivity contribution is 5.28. The lowest BCUT2D eigenvalue weighted by Crippen LogP contribution is -2.35. The Bertz CT molecular complexity index is 451. The maximum atomic E-state index is 13.7. The van der Waals surface area contributed by atoms with Gasteiger partial charge in [-0.2, -0.15) is 0 Å². The molecule has 1 aromatic carbocycles. The average Bonchev–Trinajstić information content (AvgIpc) is 2.32. The quantitative estimate of drug-likeness (QED) is 0.788. The molecule has 2 heteroatoms. The predicted molar refractivity (Wildman–Crippen MR) is 76.4 cm³/mol. The SMILES string of the molecule is Cc1ccc(C2(O)CCC(C(C)(C)C)CC2)cc1F. The van der Waals surface area contributed by atoms with Crippen molar-refractivity contribution in [2.75, 3.05) is 0 Å². The Morgan fingerprint density at radius 1 is 1.21 bits per heavy atom. The molecule has 1 nitrogen and oxygen atoms in total. The molecule has 0 amide bonds. The van der Waals surface area contributed by atoms with Gasteiger partial charge in [0.2, 0.25) is 0 Å². The van der Waals surface area contributed by atoms with E-state index in [1.165, 1.54) is 6.07 Å². The Morgan fingerprint density at radius 2 is 1.79 bits per heavy atom. The van der Waals surface area contributed by atoms with Gasteiger partial charge in [-0.1, -0.05) is 32.9 Å². The second-order valence-corrected chi connectivity index (χ2v) is 7.14. The van der Waals surface area contributed by atoms with Gasteiger partial charge in [-0.15, -0.1) is 0 Å². The fraction of sp³-hybridized carbons (Fsp3) is 0.647. The molecular weight excluding hydrogens is 239 g/mol. The summed E-state index contributed by atoms with van der Waals surface area (Å²) < 4.78 is 13.7. The van der Waals surface area contributed by atoms with E-state index in [-0.39, 0.29) is 5.82 Å². The van der Waals surface area contributed by atoms with Crippen LogP contribution in [0.4, 0.5) is 4.39 Å². The van der Waals surface area contributed by atoms with Gasteiger partial charge in [0.25, 0.3) is 0 Å². The van der Waals surface area contributed by atoms with E-state index >= 15 is 0 Å². The van der Waals surface area contributed by atoms with E-state index in [0.717, 1.165) is 31.2 Å². The van der Waals surface area contributed by atoms with Crippen molar-refractivity contribution >= 4 is 0 Å². The van der Waals surface area contributed by atoms with Gasteiger partial charge < -0.3 is 5.11 Å². The highest BCUT2D eigenvalue weighted by Crippen LogP contribution is 2.45. The fourth-order valence-corrected chi connectivity index (χ4v) is 3.13. The molecular formula is C17H25FO. The number of aryl methyl sites for hydroxylation is 1.